The smallest absolute Gasteiger partial charge is 0.337 e. The number of nitrogens with one attached hydrogen (secondary N) is 1. The van der Waals surface area contributed by atoms with Crippen LogP contribution in [0.2, 0.25) is 10.0 Å². The van der Waals surface area contributed by atoms with Gasteiger partial charge in [-0.1, -0.05) is 54.4 Å². The summed E-state index contributed by atoms with van der Waals surface area (Å²) in [4.78, 5) is 28.7. The van der Waals surface area contributed by atoms with Gasteiger partial charge >= 0.3 is 5.97 Å². The molecule has 1 aromatic heterocycles. The van der Waals surface area contributed by atoms with Crippen molar-refractivity contribution in [3.8, 4) is 0 Å². The van der Waals surface area contributed by atoms with Crippen molar-refractivity contribution in [2.75, 3.05) is 19.0 Å². The molecule has 3 aliphatic rings. The predicted octanol–water partition coefficient (Wildman–Crippen LogP) is 6.09. The zero-order valence-electron chi connectivity index (χ0n) is 21.7. The molecule has 204 valence electrons. The number of nitrogens with zero attached hydrogens (tertiary/aromatic N) is 3. The number of ether oxygens (including phenoxy) is 1. The van der Waals surface area contributed by atoms with Gasteiger partial charge in [0.1, 0.15) is 11.4 Å². The summed E-state index contributed by atoms with van der Waals surface area (Å²) in [5.41, 5.74) is 2.58. The molecule has 3 aliphatic heterocycles. The molecular formula is C30H25Cl2FN4O3. The van der Waals surface area contributed by atoms with Gasteiger partial charge in [-0.2, -0.15) is 5.10 Å². The third-order valence-corrected chi connectivity index (χ3v) is 9.24. The summed E-state index contributed by atoms with van der Waals surface area (Å²) in [6.07, 6.45) is 1.40. The van der Waals surface area contributed by atoms with Crippen LogP contribution in [0.3, 0.4) is 0 Å². The lowest BCUT2D eigenvalue weighted by molar-refractivity contribution is -0.127. The Hall–Kier alpha value is -3.46. The SMILES string of the molecule is CCCN1[C@H]2Cc3c4ccc(C(=O)OC)cc4nn3[C@H]2[C@H](c2cccc(Cl)c2F)[C@]12C(=O)Nc1cc(Cl)ccc12. The van der Waals surface area contributed by atoms with Crippen molar-refractivity contribution in [3.05, 3.63) is 92.8 Å². The van der Waals surface area contributed by atoms with Crippen molar-refractivity contribution in [1.29, 1.82) is 0 Å². The highest BCUT2D eigenvalue weighted by atomic mass is 35.5. The Morgan fingerprint density at radius 3 is 2.80 bits per heavy atom. The second-order valence-corrected chi connectivity index (χ2v) is 11.4. The highest BCUT2D eigenvalue weighted by Crippen LogP contribution is 2.63. The summed E-state index contributed by atoms with van der Waals surface area (Å²) >= 11 is 12.7. The summed E-state index contributed by atoms with van der Waals surface area (Å²) in [7, 11) is 1.34. The summed E-state index contributed by atoms with van der Waals surface area (Å²) < 4.78 is 22.8. The molecule has 0 bridgehead atoms. The maximum absolute atomic E-state index is 16.0. The van der Waals surface area contributed by atoms with E-state index in [1.165, 1.54) is 13.2 Å². The number of methoxy groups -OCH3 is 1. The molecule has 1 fully saturated rings. The zero-order chi connectivity index (χ0) is 27.9. The molecule has 1 spiro atoms. The molecule has 7 rings (SSSR count). The number of esters is 1. The highest BCUT2D eigenvalue weighted by Gasteiger charge is 2.69. The molecule has 4 atom stereocenters. The first kappa shape index (κ1) is 25.5. The number of anilines is 1. The maximum atomic E-state index is 16.0. The molecule has 10 heteroatoms. The number of carbonyl (C=O) groups excluding carboxylic acids is 2. The maximum Gasteiger partial charge on any atom is 0.337 e. The van der Waals surface area contributed by atoms with Crippen molar-refractivity contribution in [1.82, 2.24) is 14.7 Å². The first-order valence-corrected chi connectivity index (χ1v) is 14.0. The Bertz CT molecular complexity index is 1740. The Labute approximate surface area is 239 Å². The monoisotopic (exact) mass is 578 g/mol. The fraction of sp³-hybridized carbons (Fsp3) is 0.300. The van der Waals surface area contributed by atoms with E-state index in [4.69, 9.17) is 33.0 Å². The molecule has 1 N–H and O–H groups in total. The van der Waals surface area contributed by atoms with Gasteiger partial charge in [-0.05, 0) is 48.9 Å². The van der Waals surface area contributed by atoms with Crippen LogP contribution in [0.25, 0.3) is 10.9 Å². The average molecular weight is 579 g/mol. The van der Waals surface area contributed by atoms with E-state index in [2.05, 4.69) is 17.1 Å². The number of rotatable bonds is 4. The van der Waals surface area contributed by atoms with Crippen LogP contribution in [0, 0.1) is 5.82 Å². The fourth-order valence-electron chi connectivity index (χ4n) is 7.32. The lowest BCUT2D eigenvalue weighted by atomic mass is 9.73. The van der Waals surface area contributed by atoms with Crippen molar-refractivity contribution in [3.63, 3.8) is 0 Å². The third-order valence-electron chi connectivity index (χ3n) is 8.71. The number of likely N-dealkylation sites (tertiary alicyclic amines) is 1. The van der Waals surface area contributed by atoms with Gasteiger partial charge in [0, 0.05) is 45.7 Å². The van der Waals surface area contributed by atoms with Crippen LogP contribution in [0.5, 0.6) is 0 Å². The van der Waals surface area contributed by atoms with Gasteiger partial charge in [-0.3, -0.25) is 14.4 Å². The molecule has 0 saturated carbocycles. The number of hydrogen-bond donors (Lipinski definition) is 1. The van der Waals surface area contributed by atoms with Crippen LogP contribution in [-0.2, 0) is 21.5 Å². The Balaban J connectivity index is 1.51. The molecule has 0 radical (unpaired) electrons. The second-order valence-electron chi connectivity index (χ2n) is 10.6. The Kier molecular flexibility index (Phi) is 5.75. The molecule has 40 heavy (non-hydrogen) atoms. The van der Waals surface area contributed by atoms with Gasteiger partial charge in [0.15, 0.2) is 0 Å². The molecule has 3 aromatic carbocycles. The molecule has 1 amide bonds. The number of aromatic nitrogens is 2. The number of benzene rings is 3. The van der Waals surface area contributed by atoms with Crippen LogP contribution >= 0.6 is 23.2 Å². The van der Waals surface area contributed by atoms with E-state index >= 15 is 4.39 Å². The number of halogens is 3. The first-order chi connectivity index (χ1) is 19.3. The average Bonchev–Trinajstić information content (AvgIpc) is 3.63. The normalized spacial score (nSPS) is 24.8. The number of amides is 1. The van der Waals surface area contributed by atoms with Gasteiger partial charge in [-0.15, -0.1) is 0 Å². The van der Waals surface area contributed by atoms with E-state index in [1.54, 1.807) is 36.4 Å². The van der Waals surface area contributed by atoms with Crippen LogP contribution < -0.4 is 5.32 Å². The lowest BCUT2D eigenvalue weighted by Crippen LogP contribution is -2.52. The van der Waals surface area contributed by atoms with Crippen molar-refractivity contribution < 1.29 is 18.7 Å². The van der Waals surface area contributed by atoms with E-state index in [9.17, 15) is 9.59 Å². The predicted molar refractivity (Wildman–Crippen MR) is 151 cm³/mol. The summed E-state index contributed by atoms with van der Waals surface area (Å²) in [6.45, 7) is 2.69. The topological polar surface area (TPSA) is 76.5 Å². The van der Waals surface area contributed by atoms with Crippen molar-refractivity contribution in [2.45, 2.75) is 43.3 Å². The van der Waals surface area contributed by atoms with Gasteiger partial charge < -0.3 is 10.1 Å². The quantitative estimate of drug-likeness (QED) is 0.296. The zero-order valence-corrected chi connectivity index (χ0v) is 23.3. The van der Waals surface area contributed by atoms with E-state index in [1.807, 2.05) is 16.8 Å². The molecule has 0 unspecified atom stereocenters. The van der Waals surface area contributed by atoms with E-state index in [-0.39, 0.29) is 23.0 Å². The highest BCUT2D eigenvalue weighted by molar-refractivity contribution is 6.31. The minimum Gasteiger partial charge on any atom is -0.465 e. The largest absolute Gasteiger partial charge is 0.465 e. The lowest BCUT2D eigenvalue weighted by Gasteiger charge is -2.40. The minimum atomic E-state index is -1.20. The van der Waals surface area contributed by atoms with Crippen LogP contribution in [-0.4, -0.2) is 46.3 Å². The summed E-state index contributed by atoms with van der Waals surface area (Å²) in [5, 5.41) is 9.44. The van der Waals surface area contributed by atoms with Crippen LogP contribution in [0.15, 0.2) is 54.6 Å². The second kappa shape index (κ2) is 9.03. The number of carbonyl (C=O) groups is 2. The van der Waals surface area contributed by atoms with Crippen molar-refractivity contribution >= 4 is 51.7 Å². The fourth-order valence-corrected chi connectivity index (χ4v) is 7.67. The van der Waals surface area contributed by atoms with Gasteiger partial charge in [0.25, 0.3) is 0 Å². The van der Waals surface area contributed by atoms with E-state index in [0.29, 0.717) is 40.3 Å². The number of hydrogen-bond acceptors (Lipinski definition) is 5. The minimum absolute atomic E-state index is 0.000516. The Morgan fingerprint density at radius 2 is 2.02 bits per heavy atom. The van der Waals surface area contributed by atoms with E-state index < -0.39 is 23.2 Å². The van der Waals surface area contributed by atoms with Crippen LogP contribution in [0.4, 0.5) is 10.1 Å². The molecule has 0 aliphatic carbocycles. The van der Waals surface area contributed by atoms with Gasteiger partial charge in [-0.25, -0.2) is 9.18 Å². The molecular weight excluding hydrogens is 554 g/mol. The molecule has 7 nitrogen and oxygen atoms in total. The van der Waals surface area contributed by atoms with Crippen LogP contribution in [0.1, 0.15) is 52.5 Å². The molecule has 4 aromatic rings. The van der Waals surface area contributed by atoms with Gasteiger partial charge in [0.05, 0.1) is 29.3 Å². The summed E-state index contributed by atoms with van der Waals surface area (Å²) in [5.74, 6) is -1.86. The van der Waals surface area contributed by atoms with Gasteiger partial charge in [0.2, 0.25) is 5.91 Å². The molecule has 1 saturated heterocycles. The standard InChI is InChI=1S/C30H25Cl2FN4O3/c1-3-11-36-24-14-23-17-9-7-15(28(38)40-2)12-21(17)35-37(23)27(24)25(18-5-4-6-20(32)26(18)33)30(36)19-10-8-16(31)13-22(19)34-29(30)39/h4-10,12-13,24-25,27H,3,11,14H2,1-2H3,(H,34,39)/t24-,25-,27+,30+/m0/s1. The van der Waals surface area contributed by atoms with Crippen molar-refractivity contribution in [2.24, 2.45) is 0 Å². The van der Waals surface area contributed by atoms with E-state index in [0.717, 1.165) is 23.1 Å². The molecule has 4 heterocycles. The number of fused-ring (bicyclic) bond motifs is 7. The Morgan fingerprint density at radius 1 is 1.20 bits per heavy atom. The first-order valence-electron chi connectivity index (χ1n) is 13.2. The summed E-state index contributed by atoms with van der Waals surface area (Å²) in [6, 6.07) is 15.2. The third kappa shape index (κ3) is 3.24.